The molecule has 1 fully saturated rings. The summed E-state index contributed by atoms with van der Waals surface area (Å²) in [6, 6.07) is 14.8. The number of nitrogens with zero attached hydrogens (tertiary/aromatic N) is 1. The van der Waals surface area contributed by atoms with Gasteiger partial charge in [-0.05, 0) is 48.9 Å². The summed E-state index contributed by atoms with van der Waals surface area (Å²) in [4.78, 5) is 40.3. The van der Waals surface area contributed by atoms with Gasteiger partial charge in [-0.3, -0.25) is 14.4 Å². The van der Waals surface area contributed by atoms with Crippen molar-refractivity contribution in [3.63, 3.8) is 0 Å². The van der Waals surface area contributed by atoms with E-state index in [1.54, 1.807) is 47.4 Å². The van der Waals surface area contributed by atoms with Crippen LogP contribution in [0.2, 0.25) is 0 Å². The first-order valence-electron chi connectivity index (χ1n) is 12.1. The van der Waals surface area contributed by atoms with Crippen LogP contribution in [0.15, 0.2) is 54.6 Å². The smallest absolute Gasteiger partial charge is 0.251 e. The molecule has 0 aliphatic carbocycles. The fraction of sp³-hybridized carbons (Fsp3) is 0.444. The van der Waals surface area contributed by atoms with Crippen molar-refractivity contribution in [2.75, 3.05) is 19.6 Å². The van der Waals surface area contributed by atoms with Crippen molar-refractivity contribution in [3.8, 4) is 0 Å². The molecule has 3 amide bonds. The first-order valence-corrected chi connectivity index (χ1v) is 12.1. The summed E-state index contributed by atoms with van der Waals surface area (Å²) in [7, 11) is 0. The number of likely N-dealkylation sites (tertiary alicyclic amines) is 1. The topological polar surface area (TPSA) is 78.5 Å². The van der Waals surface area contributed by atoms with E-state index in [9.17, 15) is 18.8 Å². The predicted molar refractivity (Wildman–Crippen MR) is 130 cm³/mol. The van der Waals surface area contributed by atoms with Crippen molar-refractivity contribution in [2.45, 2.75) is 45.6 Å². The van der Waals surface area contributed by atoms with Crippen LogP contribution in [-0.4, -0.2) is 48.3 Å². The summed E-state index contributed by atoms with van der Waals surface area (Å²) >= 11 is 0. The molecule has 0 radical (unpaired) electrons. The Labute approximate surface area is 200 Å². The van der Waals surface area contributed by atoms with Crippen LogP contribution < -0.4 is 10.6 Å². The second-order valence-corrected chi connectivity index (χ2v) is 8.93. The number of benzene rings is 2. The van der Waals surface area contributed by atoms with E-state index in [4.69, 9.17) is 0 Å². The number of carbonyl (C=O) groups excluding carboxylic acids is 3. The molecule has 0 aromatic heterocycles. The third kappa shape index (κ3) is 6.65. The van der Waals surface area contributed by atoms with Crippen molar-refractivity contribution in [2.24, 2.45) is 11.8 Å². The van der Waals surface area contributed by atoms with Gasteiger partial charge in [0, 0.05) is 31.1 Å². The van der Waals surface area contributed by atoms with Gasteiger partial charge in [-0.15, -0.1) is 0 Å². The summed E-state index contributed by atoms with van der Waals surface area (Å²) in [5.41, 5.74) is 1.10. The van der Waals surface area contributed by atoms with Crippen LogP contribution in [0.1, 0.15) is 49.0 Å². The van der Waals surface area contributed by atoms with E-state index in [1.165, 1.54) is 6.07 Å². The SMILES string of the molecule is CCC(C)C(NC(=O)c1ccccc1)C(=O)N1CCC(C(=O)NCCc2ccccc2F)CC1. The zero-order chi connectivity index (χ0) is 24.5. The summed E-state index contributed by atoms with van der Waals surface area (Å²) in [5, 5.41) is 5.82. The predicted octanol–water partition coefficient (Wildman–Crippen LogP) is 3.57. The molecule has 0 saturated carbocycles. The number of rotatable bonds is 9. The zero-order valence-electron chi connectivity index (χ0n) is 19.9. The van der Waals surface area contributed by atoms with E-state index < -0.39 is 6.04 Å². The highest BCUT2D eigenvalue weighted by atomic mass is 19.1. The molecular formula is C27H34FN3O3. The highest BCUT2D eigenvalue weighted by Crippen LogP contribution is 2.20. The van der Waals surface area contributed by atoms with Gasteiger partial charge in [0.05, 0.1) is 0 Å². The molecule has 2 unspecified atom stereocenters. The largest absolute Gasteiger partial charge is 0.356 e. The quantitative estimate of drug-likeness (QED) is 0.592. The van der Waals surface area contributed by atoms with Crippen LogP contribution in [0.25, 0.3) is 0 Å². The normalized spacial score (nSPS) is 15.9. The number of piperidine rings is 1. The number of carbonyl (C=O) groups is 3. The summed E-state index contributed by atoms with van der Waals surface area (Å²) in [5.74, 6) is -0.872. The van der Waals surface area contributed by atoms with Gasteiger partial charge >= 0.3 is 0 Å². The minimum Gasteiger partial charge on any atom is -0.356 e. The standard InChI is InChI=1S/C27H34FN3O3/c1-3-19(2)24(30-26(33)21-10-5-4-6-11-21)27(34)31-17-14-22(15-18-31)25(32)29-16-13-20-9-7-8-12-23(20)28/h4-12,19,22,24H,3,13-18H2,1-2H3,(H,29,32)(H,30,33). The lowest BCUT2D eigenvalue weighted by Gasteiger charge is -2.35. The number of halogens is 1. The lowest BCUT2D eigenvalue weighted by Crippen LogP contribution is -2.54. The maximum Gasteiger partial charge on any atom is 0.251 e. The molecule has 2 aromatic rings. The second-order valence-electron chi connectivity index (χ2n) is 8.93. The molecular weight excluding hydrogens is 433 g/mol. The fourth-order valence-corrected chi connectivity index (χ4v) is 4.22. The first kappa shape index (κ1) is 25.4. The van der Waals surface area contributed by atoms with Gasteiger partial charge < -0.3 is 15.5 Å². The Bertz CT molecular complexity index is 974. The van der Waals surface area contributed by atoms with Crippen LogP contribution in [0.3, 0.4) is 0 Å². The van der Waals surface area contributed by atoms with E-state index in [0.717, 1.165) is 6.42 Å². The molecule has 1 aliphatic rings. The zero-order valence-corrected chi connectivity index (χ0v) is 19.9. The molecule has 2 aromatic carbocycles. The van der Waals surface area contributed by atoms with Crippen LogP contribution in [0, 0.1) is 17.7 Å². The highest BCUT2D eigenvalue weighted by Gasteiger charge is 2.33. The van der Waals surface area contributed by atoms with Gasteiger partial charge in [0.15, 0.2) is 0 Å². The fourth-order valence-electron chi connectivity index (χ4n) is 4.22. The Morgan fingerprint density at radius 2 is 1.68 bits per heavy atom. The van der Waals surface area contributed by atoms with E-state index in [1.807, 2.05) is 19.9 Å². The maximum atomic E-state index is 13.7. The molecule has 34 heavy (non-hydrogen) atoms. The van der Waals surface area contributed by atoms with Gasteiger partial charge in [-0.1, -0.05) is 56.7 Å². The van der Waals surface area contributed by atoms with E-state index in [2.05, 4.69) is 10.6 Å². The lowest BCUT2D eigenvalue weighted by molar-refractivity contribution is -0.138. The van der Waals surface area contributed by atoms with Crippen molar-refractivity contribution in [1.82, 2.24) is 15.5 Å². The summed E-state index contributed by atoms with van der Waals surface area (Å²) < 4.78 is 13.7. The van der Waals surface area contributed by atoms with Gasteiger partial charge in [0.2, 0.25) is 11.8 Å². The van der Waals surface area contributed by atoms with Gasteiger partial charge in [0.25, 0.3) is 5.91 Å². The van der Waals surface area contributed by atoms with Crippen molar-refractivity contribution >= 4 is 17.7 Å². The van der Waals surface area contributed by atoms with E-state index >= 15 is 0 Å². The summed E-state index contributed by atoms with van der Waals surface area (Å²) in [6.07, 6.45) is 2.33. The number of nitrogens with one attached hydrogen (secondary N) is 2. The first-order chi connectivity index (χ1) is 16.4. The third-order valence-corrected chi connectivity index (χ3v) is 6.63. The molecule has 1 aliphatic heterocycles. The number of amides is 3. The average Bonchev–Trinajstić information content (AvgIpc) is 2.88. The Hall–Kier alpha value is -3.22. The minimum absolute atomic E-state index is 0.0143. The molecule has 182 valence electrons. The average molecular weight is 468 g/mol. The Morgan fingerprint density at radius 3 is 2.32 bits per heavy atom. The van der Waals surface area contributed by atoms with Gasteiger partial charge in [-0.25, -0.2) is 4.39 Å². The highest BCUT2D eigenvalue weighted by molar-refractivity contribution is 5.97. The van der Waals surface area contributed by atoms with Crippen molar-refractivity contribution in [3.05, 3.63) is 71.5 Å². The lowest BCUT2D eigenvalue weighted by atomic mass is 9.93. The Balaban J connectivity index is 1.50. The van der Waals surface area contributed by atoms with E-state index in [-0.39, 0.29) is 35.4 Å². The molecule has 2 atom stereocenters. The molecule has 7 heteroatoms. The van der Waals surface area contributed by atoms with Gasteiger partial charge in [0.1, 0.15) is 11.9 Å². The van der Waals surface area contributed by atoms with Crippen molar-refractivity contribution in [1.29, 1.82) is 0 Å². The van der Waals surface area contributed by atoms with Crippen LogP contribution in [-0.2, 0) is 16.0 Å². The van der Waals surface area contributed by atoms with Crippen LogP contribution >= 0.6 is 0 Å². The Kier molecular flexibility index (Phi) is 9.19. The Morgan fingerprint density at radius 1 is 1.03 bits per heavy atom. The van der Waals surface area contributed by atoms with E-state index in [0.29, 0.717) is 50.0 Å². The number of hydrogen-bond donors (Lipinski definition) is 2. The molecule has 1 heterocycles. The molecule has 6 nitrogen and oxygen atoms in total. The summed E-state index contributed by atoms with van der Waals surface area (Å²) in [6.45, 7) is 5.28. The third-order valence-electron chi connectivity index (χ3n) is 6.63. The van der Waals surface area contributed by atoms with Crippen molar-refractivity contribution < 1.29 is 18.8 Å². The molecule has 1 saturated heterocycles. The molecule has 0 bridgehead atoms. The second kappa shape index (κ2) is 12.3. The number of hydrogen-bond acceptors (Lipinski definition) is 3. The molecule has 0 spiro atoms. The van der Waals surface area contributed by atoms with Gasteiger partial charge in [-0.2, -0.15) is 0 Å². The van der Waals surface area contributed by atoms with Crippen LogP contribution in [0.5, 0.6) is 0 Å². The monoisotopic (exact) mass is 467 g/mol. The van der Waals surface area contributed by atoms with Crippen LogP contribution in [0.4, 0.5) is 4.39 Å². The maximum absolute atomic E-state index is 13.7. The minimum atomic E-state index is -0.608. The molecule has 3 rings (SSSR count). The molecule has 2 N–H and O–H groups in total.